The summed E-state index contributed by atoms with van der Waals surface area (Å²) in [5.41, 5.74) is 2.96. The van der Waals surface area contributed by atoms with Gasteiger partial charge in [-0.3, -0.25) is 0 Å². The lowest BCUT2D eigenvalue weighted by molar-refractivity contribution is 0.536. The van der Waals surface area contributed by atoms with Gasteiger partial charge in [-0.2, -0.15) is 0 Å². The molecule has 0 aromatic heterocycles. The van der Waals surface area contributed by atoms with Crippen LogP contribution in [0.1, 0.15) is 36.3 Å². The van der Waals surface area contributed by atoms with Gasteiger partial charge < -0.3 is 5.32 Å². The van der Waals surface area contributed by atoms with Crippen molar-refractivity contribution >= 4 is 15.9 Å². The van der Waals surface area contributed by atoms with Crippen LogP contribution in [0.15, 0.2) is 59.1 Å². The molecule has 1 saturated carbocycles. The van der Waals surface area contributed by atoms with E-state index in [1.54, 1.807) is 0 Å². The van der Waals surface area contributed by atoms with Crippen LogP contribution < -0.4 is 5.32 Å². The van der Waals surface area contributed by atoms with Crippen LogP contribution in [0, 0.1) is 5.92 Å². The third-order valence-electron chi connectivity index (χ3n) is 4.50. The minimum absolute atomic E-state index is 0.614. The van der Waals surface area contributed by atoms with Crippen LogP contribution in [0.25, 0.3) is 0 Å². The Morgan fingerprint density at radius 2 is 1.81 bits per heavy atom. The van der Waals surface area contributed by atoms with Crippen molar-refractivity contribution in [3.05, 3.63) is 70.2 Å². The number of hydrogen-bond acceptors (Lipinski definition) is 1. The van der Waals surface area contributed by atoms with Crippen molar-refractivity contribution in [2.75, 3.05) is 13.1 Å². The van der Waals surface area contributed by atoms with E-state index in [9.17, 15) is 0 Å². The highest BCUT2D eigenvalue weighted by atomic mass is 79.9. The third-order valence-corrected chi connectivity index (χ3v) is 5.03. The van der Waals surface area contributed by atoms with E-state index < -0.39 is 0 Å². The van der Waals surface area contributed by atoms with Crippen molar-refractivity contribution in [3.8, 4) is 0 Å². The van der Waals surface area contributed by atoms with E-state index in [1.807, 2.05) is 0 Å². The van der Waals surface area contributed by atoms with E-state index in [0.717, 1.165) is 29.4 Å². The second-order valence-corrected chi connectivity index (χ2v) is 6.80. The van der Waals surface area contributed by atoms with Gasteiger partial charge in [-0.15, -0.1) is 0 Å². The average Bonchev–Trinajstić information content (AvgIpc) is 3.31. The molecule has 2 aromatic carbocycles. The molecule has 0 bridgehead atoms. The summed E-state index contributed by atoms with van der Waals surface area (Å²) in [6.45, 7) is 4.29. The molecular formula is C19H22BrN. The molecule has 2 aromatic rings. The van der Waals surface area contributed by atoms with Crippen molar-refractivity contribution in [2.24, 2.45) is 5.92 Å². The molecule has 1 N–H and O–H groups in total. The molecule has 3 unspecified atom stereocenters. The van der Waals surface area contributed by atoms with Gasteiger partial charge >= 0.3 is 0 Å². The summed E-state index contributed by atoms with van der Waals surface area (Å²) in [6.07, 6.45) is 1.32. The zero-order valence-corrected chi connectivity index (χ0v) is 14.0. The Bertz CT molecular complexity index is 564. The van der Waals surface area contributed by atoms with Gasteiger partial charge in [0.1, 0.15) is 0 Å². The van der Waals surface area contributed by atoms with Gasteiger partial charge in [0.25, 0.3) is 0 Å². The molecule has 0 saturated heterocycles. The highest BCUT2D eigenvalue weighted by molar-refractivity contribution is 9.10. The molecule has 2 heteroatoms. The lowest BCUT2D eigenvalue weighted by Crippen LogP contribution is -2.22. The normalized spacial score (nSPS) is 22.0. The average molecular weight is 344 g/mol. The summed E-state index contributed by atoms with van der Waals surface area (Å²) < 4.78 is 1.16. The predicted octanol–water partition coefficient (Wildman–Crippen LogP) is 4.95. The zero-order valence-electron chi connectivity index (χ0n) is 12.4. The molecule has 3 rings (SSSR count). The van der Waals surface area contributed by atoms with Gasteiger partial charge in [-0.25, -0.2) is 0 Å². The molecule has 1 aliphatic rings. The van der Waals surface area contributed by atoms with E-state index in [2.05, 4.69) is 82.8 Å². The van der Waals surface area contributed by atoms with E-state index in [-0.39, 0.29) is 0 Å². The molecule has 3 atom stereocenters. The zero-order chi connectivity index (χ0) is 14.7. The second kappa shape index (κ2) is 6.76. The largest absolute Gasteiger partial charge is 0.316 e. The van der Waals surface area contributed by atoms with Crippen LogP contribution in [-0.4, -0.2) is 13.1 Å². The lowest BCUT2D eigenvalue weighted by Gasteiger charge is -2.18. The maximum absolute atomic E-state index is 3.54. The van der Waals surface area contributed by atoms with Gasteiger partial charge in [0.2, 0.25) is 0 Å². The summed E-state index contributed by atoms with van der Waals surface area (Å²) in [7, 11) is 0. The quantitative estimate of drug-likeness (QED) is 0.782. The topological polar surface area (TPSA) is 12.0 Å². The van der Waals surface area contributed by atoms with Gasteiger partial charge in [0.15, 0.2) is 0 Å². The summed E-state index contributed by atoms with van der Waals surface area (Å²) in [6, 6.07) is 19.8. The Labute approximate surface area is 135 Å². The molecule has 0 aliphatic heterocycles. The van der Waals surface area contributed by atoms with Crippen LogP contribution >= 0.6 is 15.9 Å². The summed E-state index contributed by atoms with van der Waals surface area (Å²) >= 11 is 3.53. The van der Waals surface area contributed by atoms with Crippen molar-refractivity contribution in [1.82, 2.24) is 5.32 Å². The van der Waals surface area contributed by atoms with Crippen molar-refractivity contribution < 1.29 is 0 Å². The molecule has 1 nitrogen and oxygen atoms in total. The molecule has 110 valence electrons. The molecular weight excluding hydrogens is 322 g/mol. The first kappa shape index (κ1) is 14.8. The standard InChI is InChI=1S/C19H22BrN/c1-2-21-13-19(15-8-10-16(20)11-9-15)18-12-17(18)14-6-4-3-5-7-14/h3-11,17-19,21H,2,12-13H2,1H3. The lowest BCUT2D eigenvalue weighted by atomic mass is 9.91. The van der Waals surface area contributed by atoms with E-state index in [0.29, 0.717) is 5.92 Å². The summed E-state index contributed by atoms with van der Waals surface area (Å²) in [5.74, 6) is 2.12. The fourth-order valence-corrected chi connectivity index (χ4v) is 3.53. The van der Waals surface area contributed by atoms with Crippen molar-refractivity contribution in [3.63, 3.8) is 0 Å². The minimum atomic E-state index is 0.614. The maximum atomic E-state index is 3.54. The van der Waals surface area contributed by atoms with Crippen LogP contribution in [-0.2, 0) is 0 Å². The summed E-state index contributed by atoms with van der Waals surface area (Å²) in [5, 5.41) is 3.54. The Morgan fingerprint density at radius 3 is 2.48 bits per heavy atom. The Hall–Kier alpha value is -1.12. The first-order chi connectivity index (χ1) is 10.3. The van der Waals surface area contributed by atoms with E-state index in [1.165, 1.54) is 17.5 Å². The maximum Gasteiger partial charge on any atom is 0.0175 e. The minimum Gasteiger partial charge on any atom is -0.316 e. The van der Waals surface area contributed by atoms with Gasteiger partial charge in [0, 0.05) is 11.0 Å². The second-order valence-electron chi connectivity index (χ2n) is 5.88. The van der Waals surface area contributed by atoms with Crippen molar-refractivity contribution in [1.29, 1.82) is 0 Å². The molecule has 0 amide bonds. The number of halogens is 1. The number of benzene rings is 2. The fourth-order valence-electron chi connectivity index (χ4n) is 3.27. The van der Waals surface area contributed by atoms with E-state index in [4.69, 9.17) is 0 Å². The third kappa shape index (κ3) is 3.56. The molecule has 21 heavy (non-hydrogen) atoms. The number of hydrogen-bond donors (Lipinski definition) is 1. The number of rotatable bonds is 6. The first-order valence-electron chi connectivity index (χ1n) is 7.80. The van der Waals surface area contributed by atoms with Gasteiger partial charge in [0.05, 0.1) is 0 Å². The smallest absolute Gasteiger partial charge is 0.0175 e. The predicted molar refractivity (Wildman–Crippen MR) is 92.7 cm³/mol. The number of likely N-dealkylation sites (N-methyl/N-ethyl adjacent to an activating group) is 1. The van der Waals surface area contributed by atoms with Crippen LogP contribution in [0.2, 0.25) is 0 Å². The van der Waals surface area contributed by atoms with Crippen LogP contribution in [0.4, 0.5) is 0 Å². The van der Waals surface area contributed by atoms with Gasteiger partial charge in [-0.05, 0) is 54.0 Å². The Morgan fingerprint density at radius 1 is 1.10 bits per heavy atom. The first-order valence-corrected chi connectivity index (χ1v) is 8.60. The van der Waals surface area contributed by atoms with Crippen LogP contribution in [0.5, 0.6) is 0 Å². The molecule has 0 radical (unpaired) electrons. The number of nitrogens with one attached hydrogen (secondary N) is 1. The Kier molecular flexibility index (Phi) is 4.77. The SMILES string of the molecule is CCNCC(c1ccc(Br)cc1)C1CC1c1ccccc1. The fraction of sp³-hybridized carbons (Fsp3) is 0.368. The molecule has 0 spiro atoms. The van der Waals surface area contributed by atoms with E-state index >= 15 is 0 Å². The van der Waals surface area contributed by atoms with Crippen LogP contribution in [0.3, 0.4) is 0 Å². The highest BCUT2D eigenvalue weighted by Crippen LogP contribution is 2.54. The summed E-state index contributed by atoms with van der Waals surface area (Å²) in [4.78, 5) is 0. The molecule has 1 aliphatic carbocycles. The van der Waals surface area contributed by atoms with Crippen molar-refractivity contribution in [2.45, 2.75) is 25.2 Å². The molecule has 0 heterocycles. The highest BCUT2D eigenvalue weighted by Gasteiger charge is 2.43. The molecule has 1 fully saturated rings. The van der Waals surface area contributed by atoms with Gasteiger partial charge in [-0.1, -0.05) is 65.3 Å². The monoisotopic (exact) mass is 343 g/mol. The Balaban J connectivity index is 1.76.